The summed E-state index contributed by atoms with van der Waals surface area (Å²) in [4.78, 5) is 18.2. The molecule has 1 aromatic carbocycles. The minimum Gasteiger partial charge on any atom is -0.493 e. The number of carbonyl (C=O) groups excluding carboxylic acids is 1. The van der Waals surface area contributed by atoms with Crippen molar-refractivity contribution in [2.45, 2.75) is 38.3 Å². The third-order valence-corrected chi connectivity index (χ3v) is 5.39. The Kier molecular flexibility index (Phi) is 13.0. The van der Waals surface area contributed by atoms with Crippen LogP contribution in [0.15, 0.2) is 23.2 Å². The van der Waals surface area contributed by atoms with Crippen LogP contribution in [0.1, 0.15) is 31.2 Å². The Morgan fingerprint density at radius 1 is 1.27 bits per heavy atom. The molecule has 170 valence electrons. The number of carbonyl (C=O) groups is 1. The SMILES string of the molecule is COc1cccc(CN=C(NCCSC)NCC(=O)N(C)C)c1OC1CCCC1.I. The second-order valence-electron chi connectivity index (χ2n) is 7.20. The van der Waals surface area contributed by atoms with Gasteiger partial charge in [0.2, 0.25) is 5.91 Å². The van der Waals surface area contributed by atoms with Crippen molar-refractivity contribution in [3.63, 3.8) is 0 Å². The summed E-state index contributed by atoms with van der Waals surface area (Å²) >= 11 is 1.76. The van der Waals surface area contributed by atoms with Crippen molar-refractivity contribution < 1.29 is 14.3 Å². The largest absolute Gasteiger partial charge is 0.493 e. The van der Waals surface area contributed by atoms with Crippen molar-refractivity contribution in [1.82, 2.24) is 15.5 Å². The van der Waals surface area contributed by atoms with Crippen LogP contribution in [0.25, 0.3) is 0 Å². The first kappa shape index (κ1) is 26.7. The number of thioether (sulfide) groups is 1. The van der Waals surface area contributed by atoms with Gasteiger partial charge in [0.25, 0.3) is 0 Å². The fourth-order valence-corrected chi connectivity index (χ4v) is 3.39. The Labute approximate surface area is 201 Å². The molecule has 0 heterocycles. The molecule has 30 heavy (non-hydrogen) atoms. The van der Waals surface area contributed by atoms with Crippen LogP contribution in [0.2, 0.25) is 0 Å². The molecule has 2 N–H and O–H groups in total. The number of likely N-dealkylation sites (N-methyl/N-ethyl adjacent to an activating group) is 1. The summed E-state index contributed by atoms with van der Waals surface area (Å²) in [7, 11) is 5.14. The fourth-order valence-electron chi connectivity index (χ4n) is 3.08. The first-order valence-corrected chi connectivity index (χ1v) is 11.5. The van der Waals surface area contributed by atoms with Crippen molar-refractivity contribution >= 4 is 47.6 Å². The topological polar surface area (TPSA) is 75.2 Å². The number of nitrogens with zero attached hydrogens (tertiary/aromatic N) is 2. The Hall–Kier alpha value is -1.36. The van der Waals surface area contributed by atoms with E-state index in [1.165, 1.54) is 12.8 Å². The highest BCUT2D eigenvalue weighted by Crippen LogP contribution is 2.35. The second-order valence-corrected chi connectivity index (χ2v) is 8.18. The number of hydrogen-bond donors (Lipinski definition) is 2. The number of hydrogen-bond acceptors (Lipinski definition) is 5. The van der Waals surface area contributed by atoms with E-state index in [9.17, 15) is 4.79 Å². The Balaban J connectivity index is 0.00000450. The van der Waals surface area contributed by atoms with Gasteiger partial charge in [-0.15, -0.1) is 24.0 Å². The van der Waals surface area contributed by atoms with E-state index in [0.717, 1.165) is 42.2 Å². The molecular formula is C21H35IN4O3S. The maximum absolute atomic E-state index is 11.9. The zero-order valence-electron chi connectivity index (χ0n) is 18.4. The lowest BCUT2D eigenvalue weighted by molar-refractivity contribution is -0.127. The molecule has 0 unspecified atom stereocenters. The van der Waals surface area contributed by atoms with Crippen molar-refractivity contribution in [3.05, 3.63) is 23.8 Å². The summed E-state index contributed by atoms with van der Waals surface area (Å²) in [5.74, 6) is 3.08. The van der Waals surface area contributed by atoms with Crippen LogP contribution < -0.4 is 20.1 Å². The quantitative estimate of drug-likeness (QED) is 0.202. The first-order chi connectivity index (χ1) is 14.0. The van der Waals surface area contributed by atoms with E-state index in [0.29, 0.717) is 12.5 Å². The first-order valence-electron chi connectivity index (χ1n) is 10.1. The number of ether oxygens (including phenoxy) is 2. The standard InChI is InChI=1S/C21H34N4O3S.HI/c1-25(2)19(26)15-24-21(22-12-13-29-4)23-14-16-8-7-11-18(27-3)20(16)28-17-9-5-6-10-17;/h7-8,11,17H,5-6,9-10,12-15H2,1-4H3,(H2,22,23,24);1H. The lowest BCUT2D eigenvalue weighted by Gasteiger charge is -2.19. The molecule has 0 spiro atoms. The molecule has 0 atom stereocenters. The molecule has 1 aromatic rings. The zero-order valence-corrected chi connectivity index (χ0v) is 21.5. The van der Waals surface area contributed by atoms with Gasteiger partial charge in [0.1, 0.15) is 0 Å². The predicted molar refractivity (Wildman–Crippen MR) is 136 cm³/mol. The maximum atomic E-state index is 11.9. The third kappa shape index (κ3) is 8.79. The molecule has 1 aliphatic carbocycles. The molecule has 0 aromatic heterocycles. The second kappa shape index (κ2) is 14.6. The van der Waals surface area contributed by atoms with Gasteiger partial charge >= 0.3 is 0 Å². The molecule has 9 heteroatoms. The number of guanidine groups is 1. The number of methoxy groups -OCH3 is 1. The number of amides is 1. The van der Waals surface area contributed by atoms with Gasteiger partial charge in [-0.25, -0.2) is 4.99 Å². The molecule has 0 radical (unpaired) electrons. The van der Waals surface area contributed by atoms with Crippen LogP contribution in [-0.2, 0) is 11.3 Å². The van der Waals surface area contributed by atoms with Gasteiger partial charge in [0.05, 0.1) is 26.3 Å². The summed E-state index contributed by atoms with van der Waals surface area (Å²) < 4.78 is 11.8. The molecule has 0 aliphatic heterocycles. The maximum Gasteiger partial charge on any atom is 0.241 e. The lowest BCUT2D eigenvalue weighted by atomic mass is 10.1. The van der Waals surface area contributed by atoms with E-state index in [-0.39, 0.29) is 42.5 Å². The molecular weight excluding hydrogens is 515 g/mol. The zero-order chi connectivity index (χ0) is 21.1. The molecule has 1 aliphatic rings. The van der Waals surface area contributed by atoms with Gasteiger partial charge in [0.15, 0.2) is 17.5 Å². The minimum atomic E-state index is -0.00370. The van der Waals surface area contributed by atoms with Crippen LogP contribution in [0, 0.1) is 0 Å². The van der Waals surface area contributed by atoms with Crippen molar-refractivity contribution in [1.29, 1.82) is 0 Å². The number of halogens is 1. The third-order valence-electron chi connectivity index (χ3n) is 4.78. The summed E-state index contributed by atoms with van der Waals surface area (Å²) in [6, 6.07) is 5.89. The van der Waals surface area contributed by atoms with Crippen molar-refractivity contribution in [2.75, 3.05) is 46.3 Å². The van der Waals surface area contributed by atoms with E-state index >= 15 is 0 Å². The molecule has 1 amide bonds. The van der Waals surface area contributed by atoms with Crippen molar-refractivity contribution in [2.24, 2.45) is 4.99 Å². The highest BCUT2D eigenvalue weighted by molar-refractivity contribution is 14.0. The number of benzene rings is 1. The van der Waals surface area contributed by atoms with Gasteiger partial charge in [0, 0.05) is 32.0 Å². The van der Waals surface area contributed by atoms with Gasteiger partial charge in [-0.05, 0) is 38.0 Å². The summed E-state index contributed by atoms with van der Waals surface area (Å²) in [6.45, 7) is 1.40. The monoisotopic (exact) mass is 550 g/mol. The number of aliphatic imine (C=N–C) groups is 1. The Morgan fingerprint density at radius 3 is 2.63 bits per heavy atom. The summed E-state index contributed by atoms with van der Waals surface area (Å²) in [5, 5.41) is 6.40. The molecule has 0 saturated heterocycles. The van der Waals surface area contributed by atoms with Crippen LogP contribution in [-0.4, -0.2) is 69.2 Å². The lowest BCUT2D eigenvalue weighted by Crippen LogP contribution is -2.43. The van der Waals surface area contributed by atoms with Crippen LogP contribution in [0.3, 0.4) is 0 Å². The van der Waals surface area contributed by atoms with E-state index in [1.807, 2.05) is 18.2 Å². The Bertz CT molecular complexity index is 682. The molecule has 0 bridgehead atoms. The van der Waals surface area contributed by atoms with Crippen LogP contribution in [0.5, 0.6) is 11.5 Å². The number of para-hydroxylation sites is 1. The highest BCUT2D eigenvalue weighted by atomic mass is 127. The van der Waals surface area contributed by atoms with Crippen LogP contribution in [0.4, 0.5) is 0 Å². The number of rotatable bonds is 10. The summed E-state index contributed by atoms with van der Waals surface area (Å²) in [6.07, 6.45) is 6.88. The smallest absolute Gasteiger partial charge is 0.241 e. The van der Waals surface area contributed by atoms with E-state index < -0.39 is 0 Å². The Morgan fingerprint density at radius 2 is 2.00 bits per heavy atom. The summed E-state index contributed by atoms with van der Waals surface area (Å²) in [5.41, 5.74) is 0.973. The van der Waals surface area contributed by atoms with E-state index in [4.69, 9.17) is 9.47 Å². The van der Waals surface area contributed by atoms with Crippen molar-refractivity contribution in [3.8, 4) is 11.5 Å². The fraction of sp³-hybridized carbons (Fsp3) is 0.619. The average molecular weight is 551 g/mol. The highest BCUT2D eigenvalue weighted by Gasteiger charge is 2.20. The van der Waals surface area contributed by atoms with Crippen LogP contribution >= 0.6 is 35.7 Å². The van der Waals surface area contributed by atoms with E-state index in [2.05, 4.69) is 21.9 Å². The normalized spacial score (nSPS) is 14.1. The number of nitrogens with one attached hydrogen (secondary N) is 2. The van der Waals surface area contributed by atoms with Gasteiger partial charge in [-0.1, -0.05) is 12.1 Å². The van der Waals surface area contributed by atoms with Gasteiger partial charge in [-0.3, -0.25) is 4.79 Å². The predicted octanol–water partition coefficient (Wildman–Crippen LogP) is 3.12. The van der Waals surface area contributed by atoms with Gasteiger partial charge < -0.3 is 25.0 Å². The van der Waals surface area contributed by atoms with Gasteiger partial charge in [-0.2, -0.15) is 11.8 Å². The molecule has 2 rings (SSSR count). The minimum absolute atomic E-state index is 0. The average Bonchev–Trinajstić information content (AvgIpc) is 3.23. The molecule has 1 fully saturated rings. The van der Waals surface area contributed by atoms with E-state index in [1.54, 1.807) is 37.9 Å². The molecule has 1 saturated carbocycles. The molecule has 7 nitrogen and oxygen atoms in total.